The van der Waals surface area contributed by atoms with Crippen LogP contribution in [0, 0.1) is 0 Å². The standard InChI is InChI=1S/C9H20O5S2/c10-1-2-15-5-8(13)9(14)6-16-4-7(12)3-11/h7-14H,1-6H2. The number of hydrogen-bond donors (Lipinski definition) is 5. The highest BCUT2D eigenvalue weighted by atomic mass is 32.2. The molecule has 0 radical (unpaired) electrons. The lowest BCUT2D eigenvalue weighted by Crippen LogP contribution is -2.31. The molecule has 16 heavy (non-hydrogen) atoms. The van der Waals surface area contributed by atoms with Gasteiger partial charge in [0.05, 0.1) is 31.5 Å². The Labute approximate surface area is 104 Å². The monoisotopic (exact) mass is 272 g/mol. The van der Waals surface area contributed by atoms with Gasteiger partial charge in [-0.05, 0) is 0 Å². The molecule has 0 saturated heterocycles. The number of thioether (sulfide) groups is 2. The Morgan fingerprint density at radius 3 is 1.88 bits per heavy atom. The molecule has 98 valence electrons. The van der Waals surface area contributed by atoms with E-state index in [0.29, 0.717) is 23.0 Å². The number of rotatable bonds is 10. The zero-order chi connectivity index (χ0) is 12.4. The maximum Gasteiger partial charge on any atom is 0.0897 e. The fourth-order valence-electron chi connectivity index (χ4n) is 0.868. The topological polar surface area (TPSA) is 101 Å². The highest BCUT2D eigenvalue weighted by Gasteiger charge is 2.16. The Kier molecular flexibility index (Phi) is 11.0. The molecule has 0 saturated carbocycles. The maximum absolute atomic E-state index is 9.51. The van der Waals surface area contributed by atoms with E-state index in [2.05, 4.69) is 0 Å². The van der Waals surface area contributed by atoms with Crippen LogP contribution in [0.4, 0.5) is 0 Å². The summed E-state index contributed by atoms with van der Waals surface area (Å²) in [7, 11) is 0. The second kappa shape index (κ2) is 10.6. The van der Waals surface area contributed by atoms with E-state index >= 15 is 0 Å². The van der Waals surface area contributed by atoms with Crippen molar-refractivity contribution < 1.29 is 25.5 Å². The molecule has 0 aliphatic rings. The zero-order valence-corrected chi connectivity index (χ0v) is 10.7. The Morgan fingerprint density at radius 1 is 0.812 bits per heavy atom. The second-order valence-corrected chi connectivity index (χ2v) is 5.53. The summed E-state index contributed by atoms with van der Waals surface area (Å²) in [5.41, 5.74) is 0. The smallest absolute Gasteiger partial charge is 0.0897 e. The van der Waals surface area contributed by atoms with Gasteiger partial charge in [0.2, 0.25) is 0 Å². The van der Waals surface area contributed by atoms with Crippen LogP contribution in [0.1, 0.15) is 0 Å². The van der Waals surface area contributed by atoms with E-state index in [4.69, 9.17) is 15.3 Å². The molecule has 0 bridgehead atoms. The van der Waals surface area contributed by atoms with E-state index in [0.717, 1.165) is 0 Å². The molecular weight excluding hydrogens is 252 g/mol. The molecule has 0 aromatic carbocycles. The van der Waals surface area contributed by atoms with Crippen molar-refractivity contribution in [3.05, 3.63) is 0 Å². The van der Waals surface area contributed by atoms with Crippen LogP contribution in [-0.4, -0.2) is 80.1 Å². The highest BCUT2D eigenvalue weighted by molar-refractivity contribution is 7.99. The average molecular weight is 272 g/mol. The van der Waals surface area contributed by atoms with Crippen LogP contribution >= 0.6 is 23.5 Å². The second-order valence-electron chi connectivity index (χ2n) is 3.31. The summed E-state index contributed by atoms with van der Waals surface area (Å²) in [4.78, 5) is 0. The Hall–Kier alpha value is 0.500. The molecule has 3 unspecified atom stereocenters. The summed E-state index contributed by atoms with van der Waals surface area (Å²) in [6, 6.07) is 0. The third-order valence-corrected chi connectivity index (χ3v) is 4.02. The largest absolute Gasteiger partial charge is 0.396 e. The summed E-state index contributed by atoms with van der Waals surface area (Å²) in [6.45, 7) is -0.233. The highest BCUT2D eigenvalue weighted by Crippen LogP contribution is 2.11. The summed E-state index contributed by atoms with van der Waals surface area (Å²) < 4.78 is 0. The first-order chi connectivity index (χ1) is 7.61. The van der Waals surface area contributed by atoms with Crippen molar-refractivity contribution in [3.63, 3.8) is 0 Å². The average Bonchev–Trinajstić information content (AvgIpc) is 2.28. The van der Waals surface area contributed by atoms with E-state index in [1.165, 1.54) is 23.5 Å². The number of aliphatic hydroxyl groups excluding tert-OH is 5. The molecule has 5 nitrogen and oxygen atoms in total. The molecule has 0 rings (SSSR count). The van der Waals surface area contributed by atoms with E-state index in [-0.39, 0.29) is 13.2 Å². The lowest BCUT2D eigenvalue weighted by Gasteiger charge is -2.17. The minimum atomic E-state index is -0.845. The van der Waals surface area contributed by atoms with E-state index in [9.17, 15) is 10.2 Å². The first-order valence-corrected chi connectivity index (χ1v) is 7.34. The molecule has 0 fully saturated rings. The minimum absolute atomic E-state index is 0.0604. The summed E-state index contributed by atoms with van der Waals surface area (Å²) in [6.07, 6.45) is -2.45. The normalized spacial score (nSPS) is 17.1. The fourth-order valence-corrected chi connectivity index (χ4v) is 2.60. The summed E-state index contributed by atoms with van der Waals surface area (Å²) in [5, 5.41) is 45.1. The van der Waals surface area contributed by atoms with Gasteiger partial charge in [0, 0.05) is 23.0 Å². The maximum atomic E-state index is 9.51. The van der Waals surface area contributed by atoms with Gasteiger partial charge < -0.3 is 25.5 Å². The van der Waals surface area contributed by atoms with Crippen LogP contribution < -0.4 is 0 Å². The van der Waals surface area contributed by atoms with Gasteiger partial charge in [0.1, 0.15) is 0 Å². The van der Waals surface area contributed by atoms with Gasteiger partial charge in [0.15, 0.2) is 0 Å². The molecule has 7 heteroatoms. The molecule has 0 aromatic heterocycles. The van der Waals surface area contributed by atoms with Crippen molar-refractivity contribution in [2.45, 2.75) is 18.3 Å². The van der Waals surface area contributed by atoms with Gasteiger partial charge >= 0.3 is 0 Å². The van der Waals surface area contributed by atoms with Crippen LogP contribution in [-0.2, 0) is 0 Å². The van der Waals surface area contributed by atoms with Gasteiger partial charge in [-0.3, -0.25) is 0 Å². The quantitative estimate of drug-likeness (QED) is 0.309. The molecule has 0 heterocycles. The van der Waals surface area contributed by atoms with Gasteiger partial charge in [0.25, 0.3) is 0 Å². The fraction of sp³-hybridized carbons (Fsp3) is 1.00. The van der Waals surface area contributed by atoms with E-state index in [1.54, 1.807) is 0 Å². The van der Waals surface area contributed by atoms with Crippen molar-refractivity contribution in [2.24, 2.45) is 0 Å². The molecule has 0 aliphatic heterocycles. The van der Waals surface area contributed by atoms with Crippen LogP contribution in [0.25, 0.3) is 0 Å². The van der Waals surface area contributed by atoms with E-state index < -0.39 is 18.3 Å². The minimum Gasteiger partial charge on any atom is -0.396 e. The number of aliphatic hydroxyl groups is 5. The van der Waals surface area contributed by atoms with E-state index in [1.807, 2.05) is 0 Å². The molecule has 0 aromatic rings. The van der Waals surface area contributed by atoms with Crippen molar-refractivity contribution in [3.8, 4) is 0 Å². The van der Waals surface area contributed by atoms with Crippen LogP contribution in [0.2, 0.25) is 0 Å². The van der Waals surface area contributed by atoms with Crippen molar-refractivity contribution in [1.82, 2.24) is 0 Å². The van der Waals surface area contributed by atoms with Crippen LogP contribution in [0.3, 0.4) is 0 Å². The summed E-state index contributed by atoms with van der Waals surface area (Å²) in [5.74, 6) is 1.58. The summed E-state index contributed by atoms with van der Waals surface area (Å²) >= 11 is 2.66. The molecule has 0 aliphatic carbocycles. The first-order valence-electron chi connectivity index (χ1n) is 5.03. The van der Waals surface area contributed by atoms with Gasteiger partial charge in [-0.1, -0.05) is 0 Å². The van der Waals surface area contributed by atoms with Crippen LogP contribution in [0.15, 0.2) is 0 Å². The first kappa shape index (κ1) is 16.5. The third kappa shape index (κ3) is 8.63. The molecule has 0 spiro atoms. The Morgan fingerprint density at radius 2 is 1.38 bits per heavy atom. The molecular formula is C9H20O5S2. The Balaban J connectivity index is 3.50. The van der Waals surface area contributed by atoms with Gasteiger partial charge in [-0.2, -0.15) is 23.5 Å². The van der Waals surface area contributed by atoms with Gasteiger partial charge in [-0.25, -0.2) is 0 Å². The third-order valence-electron chi connectivity index (χ3n) is 1.78. The van der Waals surface area contributed by atoms with Crippen molar-refractivity contribution >= 4 is 23.5 Å². The molecule has 5 N–H and O–H groups in total. The molecule has 3 atom stereocenters. The zero-order valence-electron chi connectivity index (χ0n) is 9.03. The number of hydrogen-bond acceptors (Lipinski definition) is 7. The Bertz CT molecular complexity index is 161. The lowest BCUT2D eigenvalue weighted by atomic mass is 10.3. The predicted molar refractivity (Wildman–Crippen MR) is 66.8 cm³/mol. The SMILES string of the molecule is OCCSCC(O)C(O)CSCC(O)CO. The van der Waals surface area contributed by atoms with Crippen LogP contribution in [0.5, 0.6) is 0 Å². The van der Waals surface area contributed by atoms with Crippen molar-refractivity contribution in [2.75, 3.05) is 36.2 Å². The molecule has 0 amide bonds. The predicted octanol–water partition coefficient (Wildman–Crippen LogP) is -1.48. The van der Waals surface area contributed by atoms with Crippen molar-refractivity contribution in [1.29, 1.82) is 0 Å². The van der Waals surface area contributed by atoms with Gasteiger partial charge in [-0.15, -0.1) is 0 Å². The lowest BCUT2D eigenvalue weighted by molar-refractivity contribution is 0.0497.